The van der Waals surface area contributed by atoms with E-state index in [-0.39, 0.29) is 0 Å². The van der Waals surface area contributed by atoms with Gasteiger partial charge in [-0.25, -0.2) is 0 Å². The van der Waals surface area contributed by atoms with Crippen LogP contribution in [-0.2, 0) is 0 Å². The molecule has 10 aromatic carbocycles. The van der Waals surface area contributed by atoms with Crippen molar-refractivity contribution in [2.75, 3.05) is 0 Å². The van der Waals surface area contributed by atoms with E-state index in [2.05, 4.69) is 235 Å². The van der Waals surface area contributed by atoms with Gasteiger partial charge in [0.1, 0.15) is 0 Å². The minimum absolute atomic E-state index is 1.24. The van der Waals surface area contributed by atoms with Crippen LogP contribution in [0.25, 0.3) is 98.7 Å². The molecule has 0 N–H and O–H groups in total. The van der Waals surface area contributed by atoms with Gasteiger partial charge >= 0.3 is 0 Å². The predicted octanol–water partition coefficient (Wildman–Crippen LogP) is 15.7. The topological polar surface area (TPSA) is 0 Å². The van der Waals surface area contributed by atoms with Crippen molar-refractivity contribution in [3.05, 3.63) is 176 Å². The lowest BCUT2D eigenvalue weighted by Crippen LogP contribution is -2.37. The molecule has 0 fully saturated rings. The molecule has 0 nitrogen and oxygen atoms in total. The fourth-order valence-electron chi connectivity index (χ4n) is 9.80. The molecule has 0 saturated heterocycles. The largest absolute Gasteiger partial charge is 0.0776 e. The lowest BCUT2D eigenvalue weighted by Gasteiger charge is -2.24. The summed E-state index contributed by atoms with van der Waals surface area (Å²) in [6.45, 7) is 22.1. The molecule has 3 heteroatoms. The van der Waals surface area contributed by atoms with Gasteiger partial charge in [0.25, 0.3) is 0 Å². The maximum Gasteiger partial charge on any atom is 0.0776 e. The second-order valence-electron chi connectivity index (χ2n) is 20.6. The molecule has 62 heavy (non-hydrogen) atoms. The fraction of sp³-hybridized carbons (Fsp3) is 0.153. The number of benzene rings is 10. The molecule has 0 aliphatic carbocycles. The average Bonchev–Trinajstić information content (AvgIpc) is 3.27. The van der Waals surface area contributed by atoms with E-state index in [1.807, 2.05) is 0 Å². The number of hydrogen-bond acceptors (Lipinski definition) is 0. The van der Waals surface area contributed by atoms with E-state index in [9.17, 15) is 0 Å². The molecule has 0 unspecified atom stereocenters. The van der Waals surface area contributed by atoms with Crippen molar-refractivity contribution in [1.29, 1.82) is 0 Å². The maximum atomic E-state index is 2.52. The first-order valence-electron chi connectivity index (χ1n) is 22.3. The molecule has 0 aliphatic rings. The highest BCUT2D eigenvalue weighted by Gasteiger charge is 2.25. The van der Waals surface area contributed by atoms with Gasteiger partial charge in [0, 0.05) is 0 Å². The second-order valence-corrected chi connectivity index (χ2v) is 35.8. The minimum atomic E-state index is -1.60. The summed E-state index contributed by atoms with van der Waals surface area (Å²) in [6, 6.07) is 67.9. The van der Waals surface area contributed by atoms with E-state index < -0.39 is 24.2 Å². The zero-order valence-electron chi connectivity index (χ0n) is 37.7. The molecular weight excluding hydrogens is 793 g/mol. The first-order valence-corrected chi connectivity index (χ1v) is 32.8. The van der Waals surface area contributed by atoms with Gasteiger partial charge in [-0.15, -0.1) is 0 Å². The summed E-state index contributed by atoms with van der Waals surface area (Å²) in [7, 11) is -4.77. The third-order valence-corrected chi connectivity index (χ3v) is 19.4. The van der Waals surface area contributed by atoms with Crippen molar-refractivity contribution < 1.29 is 0 Å². The Morgan fingerprint density at radius 1 is 0.226 bits per heavy atom. The summed E-state index contributed by atoms with van der Waals surface area (Å²) < 4.78 is 0. The Hall–Kier alpha value is -5.85. The van der Waals surface area contributed by atoms with Gasteiger partial charge in [0.2, 0.25) is 0 Å². The normalized spacial score (nSPS) is 12.6. The number of hydrogen-bond donors (Lipinski definition) is 0. The van der Waals surface area contributed by atoms with Crippen molar-refractivity contribution in [3.8, 4) is 55.6 Å². The van der Waals surface area contributed by atoms with Crippen LogP contribution in [-0.4, -0.2) is 24.2 Å². The Morgan fingerprint density at radius 3 is 0.984 bits per heavy atom. The van der Waals surface area contributed by atoms with Crippen LogP contribution in [0.1, 0.15) is 0 Å². The lowest BCUT2D eigenvalue weighted by atomic mass is 9.81. The van der Waals surface area contributed by atoms with Crippen LogP contribution >= 0.6 is 0 Å². The highest BCUT2D eigenvalue weighted by atomic mass is 28.3. The van der Waals surface area contributed by atoms with Crippen LogP contribution in [0.3, 0.4) is 0 Å². The third kappa shape index (κ3) is 6.97. The summed E-state index contributed by atoms with van der Waals surface area (Å²) in [4.78, 5) is 0. The minimum Gasteiger partial charge on any atom is -0.0656 e. The predicted molar refractivity (Wildman–Crippen MR) is 284 cm³/mol. The van der Waals surface area contributed by atoms with E-state index in [0.717, 1.165) is 0 Å². The second kappa shape index (κ2) is 14.9. The van der Waals surface area contributed by atoms with Gasteiger partial charge < -0.3 is 0 Å². The summed E-state index contributed by atoms with van der Waals surface area (Å²) >= 11 is 0. The zero-order chi connectivity index (χ0) is 43.1. The van der Waals surface area contributed by atoms with Crippen LogP contribution in [0, 0.1) is 0 Å². The van der Waals surface area contributed by atoms with Crippen molar-refractivity contribution in [2.24, 2.45) is 0 Å². The highest BCUT2D eigenvalue weighted by Crippen LogP contribution is 2.49. The Bertz CT molecular complexity index is 3260. The van der Waals surface area contributed by atoms with E-state index in [1.165, 1.54) is 114 Å². The molecule has 10 rings (SSSR count). The van der Waals surface area contributed by atoms with Crippen molar-refractivity contribution in [3.63, 3.8) is 0 Å². The molecule has 0 aromatic heterocycles. The molecule has 304 valence electrons. The summed E-state index contributed by atoms with van der Waals surface area (Å²) in [5.74, 6) is 0. The van der Waals surface area contributed by atoms with Crippen LogP contribution in [0.15, 0.2) is 176 Å². The number of rotatable bonds is 8. The Balaban J connectivity index is 1.37. The standard InChI is InChI=1S/C59H56Si3/c1-60(2,3)43-23-15-20-40(34-43)54-37-55(41-21-16-24-44(35-41)61(4,5)6)51-32-33-53-57(49-29-28-46(39-18-11-10-12-19-39)47-26-13-14-27-48(47)49)38-56(52-31-30-50(54)58(51)59(52)53)42-22-17-25-45(36-42)62(7,8)9/h10-38H,1-9H3. The van der Waals surface area contributed by atoms with Crippen LogP contribution < -0.4 is 15.6 Å². The number of fused-ring (bicyclic) bond motifs is 1. The van der Waals surface area contributed by atoms with Gasteiger partial charge in [-0.05, 0) is 111 Å². The Kier molecular flexibility index (Phi) is 9.68. The van der Waals surface area contributed by atoms with Gasteiger partial charge in [0.05, 0.1) is 24.2 Å². The molecule has 0 atom stereocenters. The smallest absolute Gasteiger partial charge is 0.0656 e. The van der Waals surface area contributed by atoms with Crippen LogP contribution in [0.2, 0.25) is 58.9 Å². The maximum absolute atomic E-state index is 2.52. The van der Waals surface area contributed by atoms with Gasteiger partial charge in [-0.2, -0.15) is 0 Å². The molecule has 0 aliphatic heterocycles. The fourth-order valence-corrected chi connectivity index (χ4v) is 13.3. The molecule has 0 radical (unpaired) electrons. The van der Waals surface area contributed by atoms with Crippen LogP contribution in [0.4, 0.5) is 0 Å². The van der Waals surface area contributed by atoms with E-state index in [4.69, 9.17) is 0 Å². The van der Waals surface area contributed by atoms with E-state index in [1.54, 1.807) is 0 Å². The molecule has 10 aromatic rings. The average molecular weight is 849 g/mol. The molecule has 0 heterocycles. The van der Waals surface area contributed by atoms with E-state index >= 15 is 0 Å². The van der Waals surface area contributed by atoms with Crippen molar-refractivity contribution in [2.45, 2.75) is 58.9 Å². The third-order valence-electron chi connectivity index (χ3n) is 13.3. The Labute approximate surface area is 371 Å². The Morgan fingerprint density at radius 2 is 0.565 bits per heavy atom. The lowest BCUT2D eigenvalue weighted by molar-refractivity contribution is 1.62. The molecule has 0 bridgehead atoms. The molecule has 0 amide bonds. The SMILES string of the molecule is C[Si](C)(C)c1cccc(-c2cc(-c3cccc([Si](C)(C)C)c3)c3ccc4c(-c5ccc(-c6ccccc6)c6ccccc56)cc(-c5cccc([Si](C)(C)C)c5)c5ccc2c3c54)c1. The van der Waals surface area contributed by atoms with Crippen molar-refractivity contribution >= 4 is 82.9 Å². The van der Waals surface area contributed by atoms with Crippen molar-refractivity contribution in [1.82, 2.24) is 0 Å². The van der Waals surface area contributed by atoms with Crippen LogP contribution in [0.5, 0.6) is 0 Å². The first kappa shape index (κ1) is 40.2. The van der Waals surface area contributed by atoms with Gasteiger partial charge in [-0.3, -0.25) is 0 Å². The first-order chi connectivity index (χ1) is 29.6. The monoisotopic (exact) mass is 848 g/mol. The molecule has 0 saturated carbocycles. The summed E-state index contributed by atoms with van der Waals surface area (Å²) in [5, 5.41) is 15.0. The highest BCUT2D eigenvalue weighted by molar-refractivity contribution is 6.89. The summed E-state index contributed by atoms with van der Waals surface area (Å²) in [6.07, 6.45) is 0. The molecule has 0 spiro atoms. The van der Waals surface area contributed by atoms with Gasteiger partial charge in [-0.1, -0.05) is 238 Å². The van der Waals surface area contributed by atoms with E-state index in [0.29, 0.717) is 0 Å². The molecular formula is C59H56Si3. The summed E-state index contributed by atoms with van der Waals surface area (Å²) in [5.41, 5.74) is 12.9. The quantitative estimate of drug-likeness (QED) is 0.106. The van der Waals surface area contributed by atoms with Gasteiger partial charge in [0.15, 0.2) is 0 Å². The zero-order valence-corrected chi connectivity index (χ0v) is 40.7.